The molecule has 4 rings (SSSR count). The van der Waals surface area contributed by atoms with E-state index in [1.807, 2.05) is 64.2 Å². The molecule has 0 aliphatic carbocycles. The van der Waals surface area contributed by atoms with Gasteiger partial charge in [-0.15, -0.1) is 13.2 Å². The van der Waals surface area contributed by atoms with Crippen molar-refractivity contribution in [1.82, 2.24) is 19.9 Å². The van der Waals surface area contributed by atoms with Crippen molar-refractivity contribution in [2.45, 2.75) is 91.5 Å². The molecule has 0 aliphatic rings. The zero-order valence-corrected chi connectivity index (χ0v) is 30.2. The molecule has 274 valence electrons. The van der Waals surface area contributed by atoms with Crippen LogP contribution in [0.1, 0.15) is 83.7 Å². The average molecular weight is 699 g/mol. The number of nitrogens with two attached hydrogens (primary N) is 3. The van der Waals surface area contributed by atoms with E-state index in [4.69, 9.17) is 17.2 Å². The van der Waals surface area contributed by atoms with E-state index in [2.05, 4.69) is 51.9 Å². The fourth-order valence-electron chi connectivity index (χ4n) is 4.96. The number of guanidine groups is 1. The van der Waals surface area contributed by atoms with Gasteiger partial charge in [-0.3, -0.25) is 9.56 Å². The maximum absolute atomic E-state index is 12.5. The summed E-state index contributed by atoms with van der Waals surface area (Å²) < 4.78 is 43.0. The van der Waals surface area contributed by atoms with Gasteiger partial charge in [0, 0.05) is 35.8 Å². The van der Waals surface area contributed by atoms with Crippen LogP contribution in [0.5, 0.6) is 5.75 Å². The second-order valence-corrected chi connectivity index (χ2v) is 14.7. The summed E-state index contributed by atoms with van der Waals surface area (Å²) in [6.45, 7) is 17.0. The Morgan fingerprint density at radius 3 is 2.26 bits per heavy atom. The summed E-state index contributed by atoms with van der Waals surface area (Å²) in [6, 6.07) is 14.8. The molecular weight excluding hydrogens is 645 g/mol. The standard InChI is InChI=1S/C21H29N7O.C16H24F3NO/c1-21(2,3)17-11-15-13-28(20(29)27-18(15)26-17)16-7-5-14(6-8-16)12-24-9-4-10-25-19(22)23;1-11(10-20)5-6-12-7-13(15(2,3)4)9-14(8-12)21-16(17,18)19/h5-8,11,13,24H,4,9-10,12H2,1-3H3,(H4,22,23,25)(H,26,27,29);7-9,11H,5-6,10,20H2,1-4H3/t;11-/m.1/s1. The van der Waals surface area contributed by atoms with Crippen molar-refractivity contribution >= 4 is 17.0 Å². The number of hydrogen-bond acceptors (Lipinski definition) is 6. The molecule has 4 aromatic rings. The Morgan fingerprint density at radius 2 is 1.68 bits per heavy atom. The lowest BCUT2D eigenvalue weighted by molar-refractivity contribution is -0.274. The highest BCUT2D eigenvalue weighted by atomic mass is 19.4. The Hall–Kier alpha value is -4.36. The molecule has 0 fully saturated rings. The van der Waals surface area contributed by atoms with Gasteiger partial charge in [0.1, 0.15) is 11.4 Å². The number of aryl methyl sites for hydroxylation is 1. The van der Waals surface area contributed by atoms with Gasteiger partial charge in [0.25, 0.3) is 0 Å². The molecule has 50 heavy (non-hydrogen) atoms. The lowest BCUT2D eigenvalue weighted by Crippen LogP contribution is -2.23. The van der Waals surface area contributed by atoms with E-state index < -0.39 is 6.36 Å². The summed E-state index contributed by atoms with van der Waals surface area (Å²) in [4.78, 5) is 23.9. The van der Waals surface area contributed by atoms with E-state index in [0.717, 1.165) is 59.4 Å². The number of aromatic amines is 1. The number of halogens is 3. The van der Waals surface area contributed by atoms with Crippen molar-refractivity contribution in [3.8, 4) is 11.4 Å². The van der Waals surface area contributed by atoms with E-state index in [-0.39, 0.29) is 28.2 Å². The number of H-pyrrole nitrogens is 1. The molecule has 0 unspecified atom stereocenters. The van der Waals surface area contributed by atoms with Crippen LogP contribution in [0.3, 0.4) is 0 Å². The number of ether oxygens (including phenoxy) is 1. The molecule has 0 saturated carbocycles. The summed E-state index contributed by atoms with van der Waals surface area (Å²) >= 11 is 0. The number of alkyl halides is 3. The third-order valence-electron chi connectivity index (χ3n) is 8.06. The molecule has 8 N–H and O–H groups in total. The number of aromatic nitrogens is 3. The van der Waals surface area contributed by atoms with Gasteiger partial charge in [-0.05, 0) is 90.7 Å². The predicted octanol–water partition coefficient (Wildman–Crippen LogP) is 6.17. The third-order valence-corrected chi connectivity index (χ3v) is 8.06. The number of aliphatic imine (C=N–C) groups is 1. The second-order valence-electron chi connectivity index (χ2n) is 14.7. The van der Waals surface area contributed by atoms with Crippen molar-refractivity contribution in [2.24, 2.45) is 28.1 Å². The maximum Gasteiger partial charge on any atom is 0.573 e. The van der Waals surface area contributed by atoms with Gasteiger partial charge in [-0.1, -0.05) is 66.7 Å². The molecular formula is C37H53F3N8O2. The molecule has 2 aromatic carbocycles. The van der Waals surface area contributed by atoms with Crippen molar-refractivity contribution in [3.05, 3.63) is 87.6 Å². The van der Waals surface area contributed by atoms with Crippen molar-refractivity contribution in [2.75, 3.05) is 19.6 Å². The highest BCUT2D eigenvalue weighted by molar-refractivity contribution is 5.76. The second kappa shape index (κ2) is 17.0. The lowest BCUT2D eigenvalue weighted by atomic mass is 9.85. The Morgan fingerprint density at radius 1 is 1.00 bits per heavy atom. The van der Waals surface area contributed by atoms with Gasteiger partial charge in [-0.2, -0.15) is 4.98 Å². The summed E-state index contributed by atoms with van der Waals surface area (Å²) in [5, 5.41) is 4.27. The first-order valence-electron chi connectivity index (χ1n) is 16.8. The predicted molar refractivity (Wildman–Crippen MR) is 196 cm³/mol. The zero-order chi connectivity index (χ0) is 37.3. The minimum absolute atomic E-state index is 0.0352. The molecule has 0 saturated heterocycles. The number of hydrogen-bond donors (Lipinski definition) is 5. The highest BCUT2D eigenvalue weighted by Crippen LogP contribution is 2.31. The molecule has 2 heterocycles. The van der Waals surface area contributed by atoms with Gasteiger partial charge in [0.05, 0.1) is 5.69 Å². The van der Waals surface area contributed by atoms with Crippen LogP contribution < -0.4 is 32.9 Å². The molecule has 0 aliphatic heterocycles. The van der Waals surface area contributed by atoms with Crippen LogP contribution in [-0.2, 0) is 23.8 Å². The van der Waals surface area contributed by atoms with Crippen LogP contribution >= 0.6 is 0 Å². The SMILES string of the molecule is CC(C)(C)c1cc2cn(-c3ccc(CNCCCN=C(N)N)cc3)c(=O)nc2[nH]1.C[C@@H](CN)CCc1cc(OC(F)(F)F)cc(C(C)(C)C)c1. The molecule has 1 atom stereocenters. The van der Waals surface area contributed by atoms with E-state index >= 15 is 0 Å². The summed E-state index contributed by atoms with van der Waals surface area (Å²) in [5.41, 5.74) is 20.9. The Balaban J connectivity index is 0.000000286. The smallest absolute Gasteiger partial charge is 0.406 e. The molecule has 0 radical (unpaired) electrons. The van der Waals surface area contributed by atoms with E-state index in [9.17, 15) is 18.0 Å². The maximum atomic E-state index is 12.5. The van der Waals surface area contributed by atoms with Gasteiger partial charge < -0.3 is 32.2 Å². The summed E-state index contributed by atoms with van der Waals surface area (Å²) in [7, 11) is 0. The number of nitrogens with one attached hydrogen (secondary N) is 2. The minimum Gasteiger partial charge on any atom is -0.406 e. The summed E-state index contributed by atoms with van der Waals surface area (Å²) in [5.74, 6) is 0.318. The number of nitrogens with zero attached hydrogens (tertiary/aromatic N) is 3. The van der Waals surface area contributed by atoms with Crippen LogP contribution in [0.4, 0.5) is 13.2 Å². The van der Waals surface area contributed by atoms with Gasteiger partial charge >= 0.3 is 12.1 Å². The number of benzene rings is 2. The zero-order valence-electron chi connectivity index (χ0n) is 30.2. The molecule has 0 bridgehead atoms. The lowest BCUT2D eigenvalue weighted by Gasteiger charge is -2.22. The molecule has 10 nitrogen and oxygen atoms in total. The van der Waals surface area contributed by atoms with E-state index in [1.165, 1.54) is 12.1 Å². The quantitative estimate of drug-likeness (QED) is 0.0671. The van der Waals surface area contributed by atoms with Gasteiger partial charge in [0.2, 0.25) is 0 Å². The largest absolute Gasteiger partial charge is 0.573 e. The monoisotopic (exact) mass is 698 g/mol. The van der Waals surface area contributed by atoms with Crippen LogP contribution in [0, 0.1) is 5.92 Å². The first kappa shape index (κ1) is 40.1. The average Bonchev–Trinajstić information content (AvgIpc) is 3.44. The topological polar surface area (TPSA) is 162 Å². The normalized spacial score (nSPS) is 12.7. The first-order valence-corrected chi connectivity index (χ1v) is 16.8. The Labute approximate surface area is 292 Å². The molecule has 0 amide bonds. The first-order chi connectivity index (χ1) is 23.2. The third kappa shape index (κ3) is 12.8. The Kier molecular flexibility index (Phi) is 13.7. The fraction of sp³-hybridized carbons (Fsp3) is 0.486. The fourth-order valence-corrected chi connectivity index (χ4v) is 4.96. The Bertz CT molecular complexity index is 1760. The molecule has 13 heteroatoms. The minimum atomic E-state index is -4.67. The summed E-state index contributed by atoms with van der Waals surface area (Å²) in [6.07, 6.45) is -0.429. The van der Waals surface area contributed by atoms with Crippen molar-refractivity contribution in [3.63, 3.8) is 0 Å². The van der Waals surface area contributed by atoms with Crippen LogP contribution in [0.15, 0.2) is 64.5 Å². The highest BCUT2D eigenvalue weighted by Gasteiger charge is 2.32. The van der Waals surface area contributed by atoms with E-state index in [1.54, 1.807) is 4.57 Å². The van der Waals surface area contributed by atoms with Crippen LogP contribution in [-0.4, -0.2) is 46.5 Å². The number of fused-ring (bicyclic) bond motifs is 1. The van der Waals surface area contributed by atoms with Crippen LogP contribution in [0.25, 0.3) is 16.7 Å². The van der Waals surface area contributed by atoms with Crippen molar-refractivity contribution < 1.29 is 17.9 Å². The van der Waals surface area contributed by atoms with Crippen molar-refractivity contribution in [1.29, 1.82) is 0 Å². The van der Waals surface area contributed by atoms with E-state index in [0.29, 0.717) is 31.1 Å². The molecule has 0 spiro atoms. The number of rotatable bonds is 12. The van der Waals surface area contributed by atoms with Gasteiger partial charge in [0.15, 0.2) is 5.96 Å². The van der Waals surface area contributed by atoms with Crippen LogP contribution in [0.2, 0.25) is 0 Å². The van der Waals surface area contributed by atoms with Gasteiger partial charge in [-0.25, -0.2) is 4.79 Å². The molecule has 2 aromatic heterocycles.